The molecule has 1 aromatic rings. The van der Waals surface area contributed by atoms with E-state index < -0.39 is 0 Å². The molecule has 2 rings (SSSR count). The molecule has 0 spiro atoms. The maximum Gasteiger partial charge on any atom is 0.293 e. The van der Waals surface area contributed by atoms with E-state index in [1.54, 1.807) is 19.4 Å². The third-order valence-electron chi connectivity index (χ3n) is 2.97. The average molecular weight is 208 g/mol. The van der Waals surface area contributed by atoms with Crippen LogP contribution in [0.15, 0.2) is 17.2 Å². The number of aromatic nitrogens is 2. The molecule has 0 unspecified atom stereocenters. The average Bonchev–Trinajstić information content (AvgIpc) is 2.17. The summed E-state index contributed by atoms with van der Waals surface area (Å²) < 4.78 is 1.50. The normalized spacial score (nSPS) is 18.3. The lowest BCUT2D eigenvalue weighted by molar-refractivity contribution is 0.265. The molecule has 5 nitrogen and oxygen atoms in total. The summed E-state index contributed by atoms with van der Waals surface area (Å²) in [7, 11) is 1.71. The van der Waals surface area contributed by atoms with Gasteiger partial charge in [-0.2, -0.15) is 0 Å². The van der Waals surface area contributed by atoms with Crippen molar-refractivity contribution >= 4 is 5.82 Å². The molecule has 0 aliphatic heterocycles. The van der Waals surface area contributed by atoms with E-state index in [2.05, 4.69) is 10.3 Å². The van der Waals surface area contributed by atoms with Crippen molar-refractivity contribution in [3.63, 3.8) is 0 Å². The summed E-state index contributed by atoms with van der Waals surface area (Å²) in [5.74, 6) is 0.386. The molecule has 0 bridgehead atoms. The number of rotatable bonds is 3. The number of hydrogen-bond donors (Lipinski definition) is 2. The molecule has 5 heteroatoms. The number of nitrogens with zero attached hydrogens (tertiary/aromatic N) is 2. The van der Waals surface area contributed by atoms with Crippen LogP contribution in [0, 0.1) is 0 Å². The minimum atomic E-state index is -0.136. The molecular formula is C10H16N4O. The van der Waals surface area contributed by atoms with Gasteiger partial charge in [-0.05, 0) is 19.3 Å². The van der Waals surface area contributed by atoms with Crippen molar-refractivity contribution in [3.05, 3.63) is 22.7 Å². The van der Waals surface area contributed by atoms with Gasteiger partial charge in [-0.1, -0.05) is 0 Å². The summed E-state index contributed by atoms with van der Waals surface area (Å²) in [5, 5.41) is 3.03. The van der Waals surface area contributed by atoms with E-state index in [4.69, 9.17) is 5.73 Å². The largest absolute Gasteiger partial charge is 0.364 e. The maximum absolute atomic E-state index is 11.6. The fourth-order valence-electron chi connectivity index (χ4n) is 1.69. The van der Waals surface area contributed by atoms with Gasteiger partial charge >= 0.3 is 0 Å². The van der Waals surface area contributed by atoms with Gasteiger partial charge in [-0.25, -0.2) is 4.98 Å². The highest BCUT2D eigenvalue weighted by atomic mass is 16.1. The molecule has 1 heterocycles. The lowest BCUT2D eigenvalue weighted by Gasteiger charge is -2.38. The number of nitrogens with two attached hydrogens (primary N) is 1. The lowest BCUT2D eigenvalue weighted by Crippen LogP contribution is -2.52. The summed E-state index contributed by atoms with van der Waals surface area (Å²) in [6.07, 6.45) is 6.46. The second-order valence-electron chi connectivity index (χ2n) is 4.26. The van der Waals surface area contributed by atoms with Gasteiger partial charge in [0.15, 0.2) is 5.82 Å². The first-order valence-electron chi connectivity index (χ1n) is 5.15. The van der Waals surface area contributed by atoms with Crippen LogP contribution in [0.4, 0.5) is 5.82 Å². The van der Waals surface area contributed by atoms with Crippen molar-refractivity contribution < 1.29 is 0 Å². The highest BCUT2D eigenvalue weighted by Gasteiger charge is 2.32. The van der Waals surface area contributed by atoms with Crippen LogP contribution < -0.4 is 16.6 Å². The van der Waals surface area contributed by atoms with Gasteiger partial charge in [-0.3, -0.25) is 4.79 Å². The molecule has 0 amide bonds. The van der Waals surface area contributed by atoms with E-state index in [0.717, 1.165) is 12.8 Å². The van der Waals surface area contributed by atoms with E-state index in [0.29, 0.717) is 12.4 Å². The first-order chi connectivity index (χ1) is 7.11. The second-order valence-corrected chi connectivity index (χ2v) is 4.26. The van der Waals surface area contributed by atoms with Gasteiger partial charge in [0.1, 0.15) is 0 Å². The van der Waals surface area contributed by atoms with Crippen molar-refractivity contribution in [1.82, 2.24) is 9.55 Å². The first kappa shape index (κ1) is 10.2. The Hall–Kier alpha value is -1.36. The van der Waals surface area contributed by atoms with E-state index in [9.17, 15) is 4.79 Å². The smallest absolute Gasteiger partial charge is 0.293 e. The quantitative estimate of drug-likeness (QED) is 0.737. The van der Waals surface area contributed by atoms with Gasteiger partial charge < -0.3 is 15.6 Å². The molecule has 82 valence electrons. The standard InChI is InChI=1S/C10H16N4O/c1-14-6-5-12-8(9(14)15)13-7-10(11)3-2-4-10/h5-6H,2-4,7,11H2,1H3,(H,12,13). The van der Waals surface area contributed by atoms with Crippen LogP contribution >= 0.6 is 0 Å². The van der Waals surface area contributed by atoms with E-state index in [1.165, 1.54) is 11.0 Å². The summed E-state index contributed by atoms with van der Waals surface area (Å²) in [6.45, 7) is 0.624. The Labute approximate surface area is 88.3 Å². The summed E-state index contributed by atoms with van der Waals surface area (Å²) >= 11 is 0. The zero-order chi connectivity index (χ0) is 10.9. The molecule has 1 aromatic heterocycles. The molecule has 0 aromatic carbocycles. The Morgan fingerprint density at radius 2 is 2.40 bits per heavy atom. The Morgan fingerprint density at radius 1 is 1.67 bits per heavy atom. The van der Waals surface area contributed by atoms with E-state index in [1.807, 2.05) is 0 Å². The van der Waals surface area contributed by atoms with Crippen LogP contribution in [0.1, 0.15) is 19.3 Å². The summed E-state index contributed by atoms with van der Waals surface area (Å²) in [6, 6.07) is 0. The number of anilines is 1. The van der Waals surface area contributed by atoms with Crippen molar-refractivity contribution in [3.8, 4) is 0 Å². The predicted molar refractivity (Wildman–Crippen MR) is 58.7 cm³/mol. The fraction of sp³-hybridized carbons (Fsp3) is 0.600. The Kier molecular flexibility index (Phi) is 2.48. The Bertz CT molecular complexity index is 408. The van der Waals surface area contributed by atoms with Crippen molar-refractivity contribution in [2.45, 2.75) is 24.8 Å². The van der Waals surface area contributed by atoms with Crippen LogP contribution in [-0.2, 0) is 7.05 Å². The SMILES string of the molecule is Cn1ccnc(NCC2(N)CCC2)c1=O. The lowest BCUT2D eigenvalue weighted by atomic mass is 9.78. The number of aryl methyl sites for hydroxylation is 1. The van der Waals surface area contributed by atoms with Crippen molar-refractivity contribution in [2.75, 3.05) is 11.9 Å². The van der Waals surface area contributed by atoms with E-state index >= 15 is 0 Å². The molecule has 3 N–H and O–H groups in total. The van der Waals surface area contributed by atoms with Crippen molar-refractivity contribution in [2.24, 2.45) is 12.8 Å². The Morgan fingerprint density at radius 3 is 3.00 bits per heavy atom. The molecule has 0 saturated heterocycles. The summed E-state index contributed by atoms with van der Waals surface area (Å²) in [4.78, 5) is 15.6. The first-order valence-corrected chi connectivity index (χ1v) is 5.15. The van der Waals surface area contributed by atoms with Crippen LogP contribution in [-0.4, -0.2) is 21.6 Å². The molecule has 1 saturated carbocycles. The minimum absolute atomic E-state index is 0.111. The van der Waals surface area contributed by atoms with Gasteiger partial charge in [0, 0.05) is 31.5 Å². The van der Waals surface area contributed by atoms with E-state index in [-0.39, 0.29) is 11.1 Å². The summed E-state index contributed by atoms with van der Waals surface area (Å²) in [5.41, 5.74) is 5.79. The third-order valence-corrected chi connectivity index (χ3v) is 2.97. The van der Waals surface area contributed by atoms with Crippen LogP contribution in [0.5, 0.6) is 0 Å². The van der Waals surface area contributed by atoms with Gasteiger partial charge in [-0.15, -0.1) is 0 Å². The van der Waals surface area contributed by atoms with Gasteiger partial charge in [0.05, 0.1) is 0 Å². The monoisotopic (exact) mass is 208 g/mol. The van der Waals surface area contributed by atoms with Gasteiger partial charge in [0.25, 0.3) is 5.56 Å². The predicted octanol–water partition coefficient (Wildman–Crippen LogP) is 0.0736. The molecule has 0 radical (unpaired) electrons. The number of hydrogen-bond acceptors (Lipinski definition) is 4. The topological polar surface area (TPSA) is 72.9 Å². The molecule has 15 heavy (non-hydrogen) atoms. The Balaban J connectivity index is 2.05. The van der Waals surface area contributed by atoms with Crippen molar-refractivity contribution in [1.29, 1.82) is 0 Å². The second kappa shape index (κ2) is 3.66. The zero-order valence-electron chi connectivity index (χ0n) is 8.86. The third kappa shape index (κ3) is 2.02. The van der Waals surface area contributed by atoms with Crippen LogP contribution in [0.2, 0.25) is 0 Å². The zero-order valence-corrected chi connectivity index (χ0v) is 8.86. The van der Waals surface area contributed by atoms with Gasteiger partial charge in [0.2, 0.25) is 0 Å². The van der Waals surface area contributed by atoms with Crippen LogP contribution in [0.3, 0.4) is 0 Å². The number of nitrogens with one attached hydrogen (secondary N) is 1. The molecular weight excluding hydrogens is 192 g/mol. The molecule has 1 aliphatic carbocycles. The molecule has 0 atom stereocenters. The molecule has 1 fully saturated rings. The highest BCUT2D eigenvalue weighted by molar-refractivity contribution is 5.31. The fourth-order valence-corrected chi connectivity index (χ4v) is 1.69. The highest BCUT2D eigenvalue weighted by Crippen LogP contribution is 2.28. The molecule has 1 aliphatic rings. The maximum atomic E-state index is 11.6. The minimum Gasteiger partial charge on any atom is -0.364 e. The van der Waals surface area contributed by atoms with Crippen LogP contribution in [0.25, 0.3) is 0 Å².